The van der Waals surface area contributed by atoms with Crippen LogP contribution in [0.3, 0.4) is 0 Å². The summed E-state index contributed by atoms with van der Waals surface area (Å²) in [6, 6.07) is 4.19. The average Bonchev–Trinajstić information content (AvgIpc) is 2.38. The Labute approximate surface area is 115 Å². The van der Waals surface area contributed by atoms with Crippen LogP contribution in [0.2, 0.25) is 0 Å². The fourth-order valence-corrected chi connectivity index (χ4v) is 2.49. The van der Waals surface area contributed by atoms with E-state index >= 15 is 0 Å². The molecule has 1 heterocycles. The van der Waals surface area contributed by atoms with E-state index in [9.17, 15) is 19.3 Å². The van der Waals surface area contributed by atoms with Gasteiger partial charge in [-0.05, 0) is 25.0 Å². The van der Waals surface area contributed by atoms with E-state index in [0.29, 0.717) is 31.6 Å². The number of rotatable bonds is 3. The maximum Gasteiger partial charge on any atom is 0.327 e. The number of nitro groups is 1. The zero-order chi connectivity index (χ0) is 14.7. The normalized spacial score (nSPS) is 16.0. The predicted molar refractivity (Wildman–Crippen MR) is 72.1 cm³/mol. The van der Waals surface area contributed by atoms with Crippen LogP contribution in [0.15, 0.2) is 18.2 Å². The third kappa shape index (κ3) is 3.04. The molecule has 0 aliphatic carbocycles. The summed E-state index contributed by atoms with van der Waals surface area (Å²) in [6.45, 7) is 2.56. The third-order valence-corrected chi connectivity index (χ3v) is 3.39. The molecule has 2 rings (SSSR count). The first-order valence-electron chi connectivity index (χ1n) is 6.44. The molecular formula is C13H16FN3O3. The molecule has 1 aliphatic heterocycles. The minimum absolute atomic E-state index is 0.0800. The number of piperidine rings is 1. The van der Waals surface area contributed by atoms with Crippen molar-refractivity contribution < 1.29 is 14.1 Å². The van der Waals surface area contributed by atoms with E-state index in [1.807, 2.05) is 0 Å². The number of carbonyl (C=O) groups excluding carboxylic acids is 1. The molecule has 1 aromatic rings. The van der Waals surface area contributed by atoms with Crippen LogP contribution in [0, 0.1) is 15.9 Å². The van der Waals surface area contributed by atoms with Gasteiger partial charge in [-0.25, -0.2) is 0 Å². The third-order valence-electron chi connectivity index (χ3n) is 3.39. The maximum absolute atomic E-state index is 13.6. The highest BCUT2D eigenvalue weighted by molar-refractivity contribution is 5.73. The number of benzene rings is 1. The molecule has 20 heavy (non-hydrogen) atoms. The highest BCUT2D eigenvalue weighted by Crippen LogP contribution is 2.32. The average molecular weight is 281 g/mol. The molecule has 0 saturated carbocycles. The van der Waals surface area contributed by atoms with E-state index in [0.717, 1.165) is 6.07 Å². The Morgan fingerprint density at radius 3 is 2.65 bits per heavy atom. The van der Waals surface area contributed by atoms with Gasteiger partial charge < -0.3 is 10.2 Å². The summed E-state index contributed by atoms with van der Waals surface area (Å²) in [5.74, 6) is -0.906. The van der Waals surface area contributed by atoms with Gasteiger partial charge in [-0.2, -0.15) is 4.39 Å². The minimum Gasteiger partial charge on any atom is -0.366 e. The van der Waals surface area contributed by atoms with Gasteiger partial charge >= 0.3 is 5.69 Å². The SMILES string of the molecule is CC(=O)NC1CCN(c2cccc(F)c2[N+](=O)[O-])CC1. The van der Waals surface area contributed by atoms with Gasteiger partial charge in [-0.15, -0.1) is 0 Å². The lowest BCUT2D eigenvalue weighted by Crippen LogP contribution is -2.44. The van der Waals surface area contributed by atoms with Crippen molar-refractivity contribution in [1.29, 1.82) is 0 Å². The standard InChI is InChI=1S/C13H16FN3O3/c1-9(18)15-10-5-7-16(8-6-10)12-4-2-3-11(14)13(12)17(19)20/h2-4,10H,5-8H2,1H3,(H,15,18). The first kappa shape index (κ1) is 14.2. The van der Waals surface area contributed by atoms with Crippen LogP contribution in [0.1, 0.15) is 19.8 Å². The molecule has 7 heteroatoms. The zero-order valence-corrected chi connectivity index (χ0v) is 11.1. The number of anilines is 1. The van der Waals surface area contributed by atoms with Gasteiger partial charge in [0, 0.05) is 26.1 Å². The Morgan fingerprint density at radius 2 is 2.10 bits per heavy atom. The van der Waals surface area contributed by atoms with Crippen molar-refractivity contribution in [3.8, 4) is 0 Å². The summed E-state index contributed by atoms with van der Waals surface area (Å²) >= 11 is 0. The zero-order valence-electron chi connectivity index (χ0n) is 11.1. The molecule has 108 valence electrons. The molecule has 0 aromatic heterocycles. The van der Waals surface area contributed by atoms with E-state index in [1.165, 1.54) is 13.0 Å². The molecular weight excluding hydrogens is 265 g/mol. The molecule has 0 radical (unpaired) electrons. The number of amides is 1. The summed E-state index contributed by atoms with van der Waals surface area (Å²) in [5, 5.41) is 13.8. The van der Waals surface area contributed by atoms with Crippen LogP contribution in [0.5, 0.6) is 0 Å². The van der Waals surface area contributed by atoms with Crippen LogP contribution < -0.4 is 10.2 Å². The molecule has 0 atom stereocenters. The molecule has 0 unspecified atom stereocenters. The first-order chi connectivity index (χ1) is 9.49. The van der Waals surface area contributed by atoms with Gasteiger partial charge in [0.25, 0.3) is 0 Å². The van der Waals surface area contributed by atoms with Gasteiger partial charge in [-0.3, -0.25) is 14.9 Å². The van der Waals surface area contributed by atoms with Crippen molar-refractivity contribution in [1.82, 2.24) is 5.32 Å². The molecule has 6 nitrogen and oxygen atoms in total. The largest absolute Gasteiger partial charge is 0.366 e. The van der Waals surface area contributed by atoms with Crippen molar-refractivity contribution in [2.75, 3.05) is 18.0 Å². The quantitative estimate of drug-likeness (QED) is 0.677. The van der Waals surface area contributed by atoms with Crippen molar-refractivity contribution in [2.45, 2.75) is 25.8 Å². The lowest BCUT2D eigenvalue weighted by Gasteiger charge is -2.33. The Morgan fingerprint density at radius 1 is 1.45 bits per heavy atom. The van der Waals surface area contributed by atoms with Crippen molar-refractivity contribution in [2.24, 2.45) is 0 Å². The van der Waals surface area contributed by atoms with Crippen LogP contribution in [0.25, 0.3) is 0 Å². The number of nitrogens with zero attached hydrogens (tertiary/aromatic N) is 2. The molecule has 1 aromatic carbocycles. The lowest BCUT2D eigenvalue weighted by atomic mass is 10.0. The summed E-state index contributed by atoms with van der Waals surface area (Å²) in [5.41, 5.74) is -0.179. The van der Waals surface area contributed by atoms with Crippen molar-refractivity contribution in [3.05, 3.63) is 34.1 Å². The molecule has 1 aliphatic rings. The monoisotopic (exact) mass is 281 g/mol. The fourth-order valence-electron chi connectivity index (χ4n) is 2.49. The predicted octanol–water partition coefficient (Wildman–Crippen LogP) is 1.84. The van der Waals surface area contributed by atoms with E-state index < -0.39 is 16.4 Å². The summed E-state index contributed by atoms with van der Waals surface area (Å²) in [4.78, 5) is 23.1. The second-order valence-corrected chi connectivity index (χ2v) is 4.83. The first-order valence-corrected chi connectivity index (χ1v) is 6.44. The summed E-state index contributed by atoms with van der Waals surface area (Å²) in [7, 11) is 0. The van der Waals surface area contributed by atoms with E-state index in [-0.39, 0.29) is 11.9 Å². The number of hydrogen-bond acceptors (Lipinski definition) is 4. The van der Waals surface area contributed by atoms with E-state index in [2.05, 4.69) is 5.32 Å². The van der Waals surface area contributed by atoms with Crippen LogP contribution in [0.4, 0.5) is 15.8 Å². The van der Waals surface area contributed by atoms with Crippen molar-refractivity contribution in [3.63, 3.8) is 0 Å². The van der Waals surface area contributed by atoms with Crippen LogP contribution in [-0.2, 0) is 4.79 Å². The number of nitrogens with one attached hydrogen (secondary N) is 1. The van der Waals surface area contributed by atoms with Gasteiger partial charge in [-0.1, -0.05) is 6.07 Å². The molecule has 1 N–H and O–H groups in total. The number of hydrogen-bond donors (Lipinski definition) is 1. The van der Waals surface area contributed by atoms with Crippen LogP contribution in [-0.4, -0.2) is 30.0 Å². The second-order valence-electron chi connectivity index (χ2n) is 4.83. The van der Waals surface area contributed by atoms with E-state index in [1.54, 1.807) is 11.0 Å². The number of nitro benzene ring substituents is 1. The second kappa shape index (κ2) is 5.85. The molecule has 0 spiro atoms. The summed E-state index contributed by atoms with van der Waals surface area (Å²) < 4.78 is 13.6. The van der Waals surface area contributed by atoms with Crippen LogP contribution >= 0.6 is 0 Å². The Hall–Kier alpha value is -2.18. The van der Waals surface area contributed by atoms with E-state index in [4.69, 9.17) is 0 Å². The Kier molecular flexibility index (Phi) is 4.16. The fraction of sp³-hybridized carbons (Fsp3) is 0.462. The number of halogens is 1. The molecule has 1 amide bonds. The van der Waals surface area contributed by atoms with Gasteiger partial charge in [0.15, 0.2) is 0 Å². The highest BCUT2D eigenvalue weighted by atomic mass is 19.1. The van der Waals surface area contributed by atoms with Crippen molar-refractivity contribution >= 4 is 17.3 Å². The Bertz CT molecular complexity index is 528. The van der Waals surface area contributed by atoms with Gasteiger partial charge in [0.2, 0.25) is 11.7 Å². The Balaban J connectivity index is 2.13. The van der Waals surface area contributed by atoms with Gasteiger partial charge in [0.05, 0.1) is 4.92 Å². The summed E-state index contributed by atoms with van der Waals surface area (Å²) in [6.07, 6.45) is 1.38. The number of para-hydroxylation sites is 1. The lowest BCUT2D eigenvalue weighted by molar-refractivity contribution is -0.386. The minimum atomic E-state index is -0.823. The molecule has 1 saturated heterocycles. The smallest absolute Gasteiger partial charge is 0.327 e. The van der Waals surface area contributed by atoms with Gasteiger partial charge in [0.1, 0.15) is 5.69 Å². The highest BCUT2D eigenvalue weighted by Gasteiger charge is 2.27. The molecule has 1 fully saturated rings. The molecule has 0 bridgehead atoms. The number of carbonyl (C=O) groups is 1. The maximum atomic E-state index is 13.6. The topological polar surface area (TPSA) is 75.5 Å².